The second kappa shape index (κ2) is 4.88. The highest BCUT2D eigenvalue weighted by Crippen LogP contribution is 2.30. The van der Waals surface area contributed by atoms with Gasteiger partial charge < -0.3 is 4.57 Å². The van der Waals surface area contributed by atoms with Gasteiger partial charge in [0.2, 0.25) is 0 Å². The van der Waals surface area contributed by atoms with Crippen molar-refractivity contribution < 1.29 is 4.39 Å². The summed E-state index contributed by atoms with van der Waals surface area (Å²) in [6, 6.07) is 14.8. The Morgan fingerprint density at radius 2 is 1.78 bits per heavy atom. The molecule has 0 radical (unpaired) electrons. The molecule has 0 N–H and O–H groups in total. The Morgan fingerprint density at radius 3 is 2.61 bits per heavy atom. The standard InChI is InChI=1S/C15H13FIN/c16-8-3-9-18-14-5-2-1-4-12(14)13-10-11(17)6-7-15(13)18/h1-2,4-7,10H,3,8-9H2. The van der Waals surface area contributed by atoms with Crippen LogP contribution in [0.25, 0.3) is 21.8 Å². The van der Waals surface area contributed by atoms with Gasteiger partial charge in [0, 0.05) is 31.9 Å². The molecule has 0 aliphatic rings. The molecular weight excluding hydrogens is 340 g/mol. The van der Waals surface area contributed by atoms with Gasteiger partial charge in [-0.05, 0) is 53.3 Å². The first kappa shape index (κ1) is 12.0. The number of fused-ring (bicyclic) bond motifs is 3. The fourth-order valence-electron chi connectivity index (χ4n) is 2.48. The first-order valence-corrected chi connectivity index (χ1v) is 7.11. The summed E-state index contributed by atoms with van der Waals surface area (Å²) in [6.07, 6.45) is 0.569. The lowest BCUT2D eigenvalue weighted by atomic mass is 10.2. The number of para-hydroxylation sites is 1. The molecule has 1 nitrogen and oxygen atoms in total. The maximum absolute atomic E-state index is 12.4. The number of benzene rings is 2. The summed E-state index contributed by atoms with van der Waals surface area (Å²) in [5.74, 6) is 0. The molecule has 0 saturated carbocycles. The SMILES string of the molecule is FCCCn1c2ccccc2c2cc(I)ccc21. The second-order valence-corrected chi connectivity index (χ2v) is 5.62. The topological polar surface area (TPSA) is 4.93 Å². The van der Waals surface area contributed by atoms with Gasteiger partial charge >= 0.3 is 0 Å². The van der Waals surface area contributed by atoms with Gasteiger partial charge in [-0.1, -0.05) is 18.2 Å². The number of aryl methyl sites for hydroxylation is 1. The zero-order valence-electron chi connectivity index (χ0n) is 9.87. The predicted molar refractivity (Wildman–Crippen MR) is 82.8 cm³/mol. The molecule has 0 bridgehead atoms. The maximum Gasteiger partial charge on any atom is 0.0911 e. The number of rotatable bonds is 3. The van der Waals surface area contributed by atoms with E-state index in [1.807, 2.05) is 6.07 Å². The molecule has 2 aromatic carbocycles. The van der Waals surface area contributed by atoms with E-state index in [1.54, 1.807) is 0 Å². The fraction of sp³-hybridized carbons (Fsp3) is 0.200. The van der Waals surface area contributed by atoms with Crippen LogP contribution in [0, 0.1) is 3.57 Å². The van der Waals surface area contributed by atoms with Crippen molar-refractivity contribution in [2.24, 2.45) is 0 Å². The molecule has 0 aliphatic heterocycles. The van der Waals surface area contributed by atoms with Crippen molar-refractivity contribution in [1.82, 2.24) is 4.57 Å². The molecule has 1 aromatic heterocycles. The van der Waals surface area contributed by atoms with Gasteiger partial charge in [-0.15, -0.1) is 0 Å². The Morgan fingerprint density at radius 1 is 1.00 bits per heavy atom. The van der Waals surface area contributed by atoms with Gasteiger partial charge in [-0.2, -0.15) is 0 Å². The van der Waals surface area contributed by atoms with Gasteiger partial charge in [-0.3, -0.25) is 4.39 Å². The summed E-state index contributed by atoms with van der Waals surface area (Å²) >= 11 is 2.33. The first-order valence-electron chi connectivity index (χ1n) is 6.04. The van der Waals surface area contributed by atoms with Crippen LogP contribution in [0.5, 0.6) is 0 Å². The van der Waals surface area contributed by atoms with Crippen LogP contribution >= 0.6 is 22.6 Å². The smallest absolute Gasteiger partial charge is 0.0911 e. The molecule has 0 saturated heterocycles. The highest BCUT2D eigenvalue weighted by atomic mass is 127. The molecule has 0 fully saturated rings. The molecule has 92 valence electrons. The summed E-state index contributed by atoms with van der Waals surface area (Å²) < 4.78 is 15.9. The Labute approximate surface area is 119 Å². The van der Waals surface area contributed by atoms with Crippen LogP contribution in [0.4, 0.5) is 4.39 Å². The van der Waals surface area contributed by atoms with Crippen LogP contribution in [-0.4, -0.2) is 11.2 Å². The van der Waals surface area contributed by atoms with Gasteiger partial charge in [-0.25, -0.2) is 0 Å². The van der Waals surface area contributed by atoms with Crippen molar-refractivity contribution in [3.05, 3.63) is 46.0 Å². The summed E-state index contributed by atoms with van der Waals surface area (Å²) in [5, 5.41) is 2.52. The van der Waals surface area contributed by atoms with Crippen LogP contribution in [0.2, 0.25) is 0 Å². The van der Waals surface area contributed by atoms with E-state index >= 15 is 0 Å². The average molecular weight is 353 g/mol. The van der Waals surface area contributed by atoms with Crippen LogP contribution < -0.4 is 0 Å². The number of hydrogen-bond acceptors (Lipinski definition) is 0. The number of aromatic nitrogens is 1. The minimum Gasteiger partial charge on any atom is -0.340 e. The maximum atomic E-state index is 12.4. The monoisotopic (exact) mass is 353 g/mol. The van der Waals surface area contributed by atoms with Crippen molar-refractivity contribution in [3.8, 4) is 0 Å². The third-order valence-electron chi connectivity index (χ3n) is 3.25. The Kier molecular flexibility index (Phi) is 3.24. The van der Waals surface area contributed by atoms with Crippen LogP contribution in [0.3, 0.4) is 0 Å². The van der Waals surface area contributed by atoms with Crippen molar-refractivity contribution in [1.29, 1.82) is 0 Å². The second-order valence-electron chi connectivity index (χ2n) is 4.37. The van der Waals surface area contributed by atoms with Gasteiger partial charge in [0.25, 0.3) is 0 Å². The molecule has 0 amide bonds. The largest absolute Gasteiger partial charge is 0.340 e. The van der Waals surface area contributed by atoms with E-state index < -0.39 is 0 Å². The number of halogens is 2. The van der Waals surface area contributed by atoms with Gasteiger partial charge in [0.05, 0.1) is 6.67 Å². The van der Waals surface area contributed by atoms with Gasteiger partial charge in [0.1, 0.15) is 0 Å². The average Bonchev–Trinajstić information content (AvgIpc) is 2.70. The first-order chi connectivity index (χ1) is 8.81. The number of nitrogens with zero attached hydrogens (tertiary/aromatic N) is 1. The Bertz CT molecular complexity index is 702. The zero-order chi connectivity index (χ0) is 12.5. The van der Waals surface area contributed by atoms with Crippen molar-refractivity contribution >= 4 is 44.4 Å². The molecule has 0 spiro atoms. The normalized spacial score (nSPS) is 11.4. The number of alkyl halides is 1. The van der Waals surface area contributed by atoms with E-state index in [0.717, 1.165) is 6.54 Å². The lowest BCUT2D eigenvalue weighted by Gasteiger charge is -2.05. The lowest BCUT2D eigenvalue weighted by Crippen LogP contribution is -1.98. The highest BCUT2D eigenvalue weighted by molar-refractivity contribution is 14.1. The molecule has 0 aliphatic carbocycles. The fourth-order valence-corrected chi connectivity index (χ4v) is 2.98. The van der Waals surface area contributed by atoms with Crippen molar-refractivity contribution in [2.75, 3.05) is 6.67 Å². The third kappa shape index (κ3) is 1.90. The number of hydrogen-bond donors (Lipinski definition) is 0. The minimum atomic E-state index is -0.266. The quantitative estimate of drug-likeness (QED) is 0.599. The predicted octanol–water partition coefficient (Wildman–Crippen LogP) is 4.76. The highest BCUT2D eigenvalue weighted by Gasteiger charge is 2.09. The molecule has 18 heavy (non-hydrogen) atoms. The van der Waals surface area contributed by atoms with E-state index in [-0.39, 0.29) is 6.67 Å². The lowest BCUT2D eigenvalue weighted by molar-refractivity contribution is 0.452. The third-order valence-corrected chi connectivity index (χ3v) is 3.92. The van der Waals surface area contributed by atoms with E-state index in [1.165, 1.54) is 25.4 Å². The summed E-state index contributed by atoms with van der Waals surface area (Å²) in [6.45, 7) is 0.472. The minimum absolute atomic E-state index is 0.266. The van der Waals surface area contributed by atoms with Gasteiger partial charge in [0.15, 0.2) is 0 Å². The molecule has 3 aromatic rings. The summed E-state index contributed by atoms with van der Waals surface area (Å²) in [7, 11) is 0. The van der Waals surface area contributed by atoms with E-state index in [2.05, 4.69) is 63.6 Å². The summed E-state index contributed by atoms with van der Waals surface area (Å²) in [4.78, 5) is 0. The van der Waals surface area contributed by atoms with Crippen LogP contribution in [0.15, 0.2) is 42.5 Å². The van der Waals surface area contributed by atoms with Crippen LogP contribution in [0.1, 0.15) is 6.42 Å². The van der Waals surface area contributed by atoms with Crippen LogP contribution in [-0.2, 0) is 6.54 Å². The molecule has 3 rings (SSSR count). The molecule has 0 unspecified atom stereocenters. The Balaban J connectivity index is 2.34. The van der Waals surface area contributed by atoms with Crippen molar-refractivity contribution in [2.45, 2.75) is 13.0 Å². The Hall–Kier alpha value is -1.10. The molecular formula is C15H13FIN. The van der Waals surface area contributed by atoms with Crippen molar-refractivity contribution in [3.63, 3.8) is 0 Å². The summed E-state index contributed by atoms with van der Waals surface area (Å²) in [5.41, 5.74) is 2.40. The molecule has 1 heterocycles. The molecule has 3 heteroatoms. The van der Waals surface area contributed by atoms with E-state index in [0.29, 0.717) is 6.42 Å². The van der Waals surface area contributed by atoms with E-state index in [4.69, 9.17) is 0 Å². The molecule has 0 atom stereocenters. The zero-order valence-corrected chi connectivity index (χ0v) is 12.0. The van der Waals surface area contributed by atoms with E-state index in [9.17, 15) is 4.39 Å².